The summed E-state index contributed by atoms with van der Waals surface area (Å²) in [6.07, 6.45) is 0.379. The number of benzene rings is 1. The van der Waals surface area contributed by atoms with Gasteiger partial charge in [-0.1, -0.05) is 0 Å². The van der Waals surface area contributed by atoms with Gasteiger partial charge in [0.25, 0.3) is 0 Å². The van der Waals surface area contributed by atoms with Gasteiger partial charge in [-0.05, 0) is 17.7 Å². The second-order valence-electron chi connectivity index (χ2n) is 5.42. The van der Waals surface area contributed by atoms with Crippen molar-refractivity contribution in [2.24, 2.45) is 0 Å². The molecule has 5 N–H and O–H groups in total. The topological polar surface area (TPSA) is 89.8 Å². The number of hydrogen-bond donors (Lipinski definition) is 4. The minimum atomic E-state index is -0.689. The molecule has 1 atom stereocenters. The van der Waals surface area contributed by atoms with Gasteiger partial charge in [-0.25, -0.2) is 0 Å². The average molecular weight is 333 g/mol. The number of nitrogens with two attached hydrogens (primary N) is 1. The molecule has 6 nitrogen and oxygen atoms in total. The van der Waals surface area contributed by atoms with Gasteiger partial charge in [0.15, 0.2) is 0 Å². The molecule has 7 heteroatoms. The van der Waals surface area contributed by atoms with Crippen LogP contribution in [0.1, 0.15) is 18.1 Å². The zero-order chi connectivity index (χ0) is 15.1. The number of halogens is 1. The maximum Gasteiger partial charge on any atom is 0.128 e. The Kier molecular flexibility index (Phi) is 8.52. The lowest BCUT2D eigenvalue weighted by Crippen LogP contribution is -3.00. The van der Waals surface area contributed by atoms with Gasteiger partial charge in [0.1, 0.15) is 24.1 Å². The van der Waals surface area contributed by atoms with Crippen molar-refractivity contribution in [2.45, 2.75) is 12.5 Å². The molecule has 1 fully saturated rings. The number of phenolic OH excluding ortho intramolecular Hbond substituents is 2. The van der Waals surface area contributed by atoms with Crippen LogP contribution in [0.2, 0.25) is 0 Å². The number of quaternary nitrogens is 1. The summed E-state index contributed by atoms with van der Waals surface area (Å²) in [6.45, 7) is 6.18. The quantitative estimate of drug-likeness (QED) is 0.388. The lowest BCUT2D eigenvalue weighted by molar-refractivity contribution is -0.662. The number of aliphatic hydroxyl groups is 1. The van der Waals surface area contributed by atoms with E-state index in [4.69, 9.17) is 4.74 Å². The van der Waals surface area contributed by atoms with Crippen LogP contribution in [0.4, 0.5) is 0 Å². The summed E-state index contributed by atoms with van der Waals surface area (Å²) in [4.78, 5) is 2.39. The van der Waals surface area contributed by atoms with Crippen LogP contribution in [-0.4, -0.2) is 66.2 Å². The molecule has 126 valence electrons. The van der Waals surface area contributed by atoms with Gasteiger partial charge in [-0.15, -0.1) is 0 Å². The monoisotopic (exact) mass is 332 g/mol. The molecule has 0 aliphatic carbocycles. The molecule has 2 rings (SSSR count). The van der Waals surface area contributed by atoms with E-state index in [9.17, 15) is 15.3 Å². The molecule has 1 heterocycles. The van der Waals surface area contributed by atoms with Crippen molar-refractivity contribution in [3.8, 4) is 11.5 Å². The third kappa shape index (κ3) is 6.37. The second-order valence-corrected chi connectivity index (χ2v) is 5.42. The lowest BCUT2D eigenvalue weighted by Gasteiger charge is -2.26. The van der Waals surface area contributed by atoms with Crippen molar-refractivity contribution < 1.29 is 37.8 Å². The molecular weight excluding hydrogens is 308 g/mol. The normalized spacial score (nSPS) is 17.0. The van der Waals surface area contributed by atoms with Crippen molar-refractivity contribution in [3.05, 3.63) is 23.8 Å². The molecule has 1 aliphatic rings. The highest BCUT2D eigenvalue weighted by atomic mass is 35.5. The number of morpholine rings is 1. The molecule has 1 saturated heterocycles. The highest BCUT2D eigenvalue weighted by Gasteiger charge is 2.13. The van der Waals surface area contributed by atoms with Crippen LogP contribution < -0.4 is 17.7 Å². The van der Waals surface area contributed by atoms with Crippen LogP contribution in [0.5, 0.6) is 11.5 Å². The highest BCUT2D eigenvalue weighted by molar-refractivity contribution is 5.37. The minimum Gasteiger partial charge on any atom is -1.00 e. The van der Waals surface area contributed by atoms with Crippen molar-refractivity contribution in [1.29, 1.82) is 0 Å². The molecule has 0 saturated carbocycles. The smallest absolute Gasteiger partial charge is 0.128 e. The van der Waals surface area contributed by atoms with Crippen LogP contribution in [0.15, 0.2) is 18.2 Å². The molecule has 1 aromatic rings. The Morgan fingerprint density at radius 1 is 1.14 bits per heavy atom. The summed E-state index contributed by atoms with van der Waals surface area (Å²) in [5.74, 6) is -0.0623. The van der Waals surface area contributed by atoms with E-state index in [2.05, 4.69) is 10.2 Å². The van der Waals surface area contributed by atoms with Gasteiger partial charge in [0, 0.05) is 32.1 Å². The Balaban J connectivity index is 0.00000242. The highest BCUT2D eigenvalue weighted by Crippen LogP contribution is 2.24. The largest absolute Gasteiger partial charge is 1.00 e. The predicted octanol–water partition coefficient (Wildman–Crippen LogP) is -3.58. The first kappa shape index (κ1) is 19.0. The summed E-state index contributed by atoms with van der Waals surface area (Å²) >= 11 is 0. The standard InChI is InChI=1S/C15H24N2O4.ClH/c18-13-8-12(9-14(19)10-13)15(20)11-16-2-1-3-17-4-6-21-7-5-17;/h8-10,15-16,18-20H,1-7,11H2;1H. The summed E-state index contributed by atoms with van der Waals surface area (Å²) in [5, 5.41) is 30.9. The maximum absolute atomic E-state index is 10.0. The van der Waals surface area contributed by atoms with Gasteiger partial charge in [-0.2, -0.15) is 0 Å². The lowest BCUT2D eigenvalue weighted by atomic mass is 10.1. The maximum atomic E-state index is 10.0. The summed E-state index contributed by atoms with van der Waals surface area (Å²) in [6, 6.07) is 4.21. The Morgan fingerprint density at radius 2 is 1.77 bits per heavy atom. The number of phenols is 2. The Morgan fingerprint density at radius 3 is 2.41 bits per heavy atom. The van der Waals surface area contributed by atoms with Crippen LogP contribution in [0, 0.1) is 0 Å². The number of aliphatic hydroxyl groups excluding tert-OH is 1. The third-order valence-electron chi connectivity index (χ3n) is 3.69. The first-order valence-corrected chi connectivity index (χ1v) is 7.48. The molecule has 0 amide bonds. The van der Waals surface area contributed by atoms with E-state index in [1.165, 1.54) is 18.2 Å². The van der Waals surface area contributed by atoms with E-state index in [1.54, 1.807) is 0 Å². The van der Waals surface area contributed by atoms with Crippen LogP contribution in [0.25, 0.3) is 0 Å². The fraction of sp³-hybridized carbons (Fsp3) is 0.600. The van der Waals surface area contributed by atoms with Gasteiger partial charge < -0.3 is 37.8 Å². The van der Waals surface area contributed by atoms with E-state index in [-0.39, 0.29) is 23.9 Å². The number of aromatic hydroxyl groups is 2. The van der Waals surface area contributed by atoms with E-state index in [1.807, 2.05) is 0 Å². The molecule has 0 bridgehead atoms. The summed E-state index contributed by atoms with van der Waals surface area (Å²) < 4.78 is 5.30. The third-order valence-corrected chi connectivity index (χ3v) is 3.69. The van der Waals surface area contributed by atoms with Crippen LogP contribution >= 0.6 is 0 Å². The van der Waals surface area contributed by atoms with Gasteiger partial charge in [0.2, 0.25) is 0 Å². The van der Waals surface area contributed by atoms with E-state index >= 15 is 0 Å². The van der Waals surface area contributed by atoms with Gasteiger partial charge in [-0.3, -0.25) is 4.90 Å². The van der Waals surface area contributed by atoms with E-state index in [0.29, 0.717) is 12.1 Å². The van der Waals surface area contributed by atoms with E-state index < -0.39 is 6.10 Å². The van der Waals surface area contributed by atoms with Crippen molar-refractivity contribution in [2.75, 3.05) is 45.9 Å². The molecule has 0 radical (unpaired) electrons. The van der Waals surface area contributed by atoms with Crippen LogP contribution in [0.3, 0.4) is 0 Å². The van der Waals surface area contributed by atoms with Crippen molar-refractivity contribution >= 4 is 0 Å². The predicted molar refractivity (Wildman–Crippen MR) is 78.3 cm³/mol. The van der Waals surface area contributed by atoms with Crippen molar-refractivity contribution in [3.63, 3.8) is 0 Å². The first-order valence-electron chi connectivity index (χ1n) is 7.48. The average Bonchev–Trinajstić information content (AvgIpc) is 2.47. The zero-order valence-electron chi connectivity index (χ0n) is 12.6. The summed E-state index contributed by atoms with van der Waals surface area (Å²) in [7, 11) is 0. The molecular formula is C15H25ClN2O4. The molecule has 1 unspecified atom stereocenters. The SMILES string of the molecule is Oc1cc(O)cc(C(O)C[NH2+]CCCN2CCOCC2)c1.[Cl-]. The van der Waals surface area contributed by atoms with Crippen molar-refractivity contribution in [1.82, 2.24) is 4.90 Å². The Bertz CT molecular complexity index is 421. The number of rotatable bonds is 7. The fourth-order valence-electron chi connectivity index (χ4n) is 2.51. The van der Waals surface area contributed by atoms with Crippen LogP contribution in [-0.2, 0) is 4.74 Å². The zero-order valence-corrected chi connectivity index (χ0v) is 13.4. The minimum absolute atomic E-state index is 0. The molecule has 0 spiro atoms. The molecule has 0 aromatic heterocycles. The first-order chi connectivity index (χ1) is 10.1. The number of hydrogen-bond acceptors (Lipinski definition) is 5. The second kappa shape index (κ2) is 9.86. The fourth-order valence-corrected chi connectivity index (χ4v) is 2.51. The number of ether oxygens (including phenoxy) is 1. The van der Waals surface area contributed by atoms with Gasteiger partial charge in [0.05, 0.1) is 19.8 Å². The van der Waals surface area contributed by atoms with E-state index in [0.717, 1.165) is 45.8 Å². The van der Waals surface area contributed by atoms with Gasteiger partial charge >= 0.3 is 0 Å². The number of nitrogens with zero attached hydrogens (tertiary/aromatic N) is 1. The molecule has 1 aromatic carbocycles. The Hall–Kier alpha value is -1.05. The summed E-state index contributed by atoms with van der Waals surface area (Å²) in [5.41, 5.74) is 0.539. The molecule has 1 aliphatic heterocycles. The molecule has 22 heavy (non-hydrogen) atoms. The Labute approximate surface area is 137 Å².